The monoisotopic (exact) mass is 275 g/mol. The third kappa shape index (κ3) is 5.65. The van der Waals surface area contributed by atoms with Gasteiger partial charge in [-0.05, 0) is 25.8 Å². The Kier molecular flexibility index (Phi) is 9.39. The predicted octanol–water partition coefficient (Wildman–Crippen LogP) is 5.28. The Hall–Kier alpha value is -0.400. The molecule has 0 atom stereocenters. The lowest BCUT2D eigenvalue weighted by molar-refractivity contribution is 0.345. The molecule has 0 aromatic heterocycles. The average Bonchev–Trinajstić information content (AvgIpc) is 2.35. The van der Waals surface area contributed by atoms with Gasteiger partial charge in [-0.15, -0.1) is 0 Å². The van der Waals surface area contributed by atoms with Crippen molar-refractivity contribution in [3.05, 3.63) is 34.5 Å². The summed E-state index contributed by atoms with van der Waals surface area (Å²) in [7, 11) is 0. The van der Waals surface area contributed by atoms with E-state index in [2.05, 4.69) is 25.3 Å². The molecular formula is C14H23Cl2N. The SMILES string of the molecule is C=C/C(Cl)=C(Cl)\C(=C/C)N(CCC)CCCC. The van der Waals surface area contributed by atoms with Gasteiger partial charge in [0.15, 0.2) is 0 Å². The highest BCUT2D eigenvalue weighted by molar-refractivity contribution is 6.41. The van der Waals surface area contributed by atoms with Crippen LogP contribution in [0.2, 0.25) is 0 Å². The Morgan fingerprint density at radius 2 is 1.82 bits per heavy atom. The first-order valence-electron chi connectivity index (χ1n) is 6.21. The molecule has 0 amide bonds. The summed E-state index contributed by atoms with van der Waals surface area (Å²) >= 11 is 12.3. The van der Waals surface area contributed by atoms with Gasteiger partial charge in [0.05, 0.1) is 15.8 Å². The highest BCUT2D eigenvalue weighted by Crippen LogP contribution is 2.26. The molecule has 0 aromatic carbocycles. The first-order chi connectivity index (χ1) is 8.12. The summed E-state index contributed by atoms with van der Waals surface area (Å²) in [6, 6.07) is 0. The Morgan fingerprint density at radius 3 is 2.24 bits per heavy atom. The number of nitrogens with zero attached hydrogens (tertiary/aromatic N) is 1. The van der Waals surface area contributed by atoms with E-state index < -0.39 is 0 Å². The van der Waals surface area contributed by atoms with Crippen LogP contribution in [0.3, 0.4) is 0 Å². The molecule has 0 aliphatic rings. The zero-order valence-corrected chi connectivity index (χ0v) is 12.6. The van der Waals surface area contributed by atoms with Crippen LogP contribution in [0.4, 0.5) is 0 Å². The molecule has 0 radical (unpaired) electrons. The maximum absolute atomic E-state index is 6.27. The van der Waals surface area contributed by atoms with Crippen molar-refractivity contribution in [3.8, 4) is 0 Å². The molecule has 0 N–H and O–H groups in total. The second kappa shape index (κ2) is 9.61. The maximum atomic E-state index is 6.27. The summed E-state index contributed by atoms with van der Waals surface area (Å²) in [4.78, 5) is 2.29. The molecule has 0 aliphatic carbocycles. The number of rotatable bonds is 8. The molecule has 1 nitrogen and oxygen atoms in total. The summed E-state index contributed by atoms with van der Waals surface area (Å²) < 4.78 is 0. The van der Waals surface area contributed by atoms with Crippen molar-refractivity contribution in [2.75, 3.05) is 13.1 Å². The van der Waals surface area contributed by atoms with Crippen LogP contribution >= 0.6 is 23.2 Å². The zero-order valence-electron chi connectivity index (χ0n) is 11.1. The number of unbranched alkanes of at least 4 members (excludes halogenated alkanes) is 1. The van der Waals surface area contributed by atoms with Gasteiger partial charge < -0.3 is 4.90 Å². The molecule has 0 saturated carbocycles. The maximum Gasteiger partial charge on any atom is 0.0822 e. The minimum absolute atomic E-state index is 0.511. The van der Waals surface area contributed by atoms with Crippen molar-refractivity contribution in [1.29, 1.82) is 0 Å². The largest absolute Gasteiger partial charge is 0.371 e. The summed E-state index contributed by atoms with van der Waals surface area (Å²) in [6.07, 6.45) is 7.02. The van der Waals surface area contributed by atoms with Crippen molar-refractivity contribution in [3.63, 3.8) is 0 Å². The van der Waals surface area contributed by atoms with Crippen LogP contribution in [0.15, 0.2) is 34.5 Å². The van der Waals surface area contributed by atoms with Crippen LogP contribution < -0.4 is 0 Å². The van der Waals surface area contributed by atoms with Gasteiger partial charge in [0, 0.05) is 13.1 Å². The molecule has 0 bridgehead atoms. The highest BCUT2D eigenvalue weighted by Gasteiger charge is 2.13. The van der Waals surface area contributed by atoms with E-state index in [0.717, 1.165) is 31.6 Å². The third-order valence-electron chi connectivity index (χ3n) is 2.50. The van der Waals surface area contributed by atoms with E-state index in [9.17, 15) is 0 Å². The van der Waals surface area contributed by atoms with E-state index in [1.54, 1.807) is 6.08 Å². The Labute approximate surface area is 116 Å². The van der Waals surface area contributed by atoms with Crippen molar-refractivity contribution in [1.82, 2.24) is 4.90 Å². The van der Waals surface area contributed by atoms with Gasteiger partial charge in [0.2, 0.25) is 0 Å². The molecule has 0 fully saturated rings. The van der Waals surface area contributed by atoms with Crippen LogP contribution in [0, 0.1) is 0 Å². The fourth-order valence-electron chi connectivity index (χ4n) is 1.63. The topological polar surface area (TPSA) is 3.24 Å². The second-order valence-electron chi connectivity index (χ2n) is 3.88. The Bertz CT molecular complexity index is 293. The molecule has 0 spiro atoms. The molecule has 0 heterocycles. The van der Waals surface area contributed by atoms with Crippen molar-refractivity contribution >= 4 is 23.2 Å². The number of hydrogen-bond acceptors (Lipinski definition) is 1. The van der Waals surface area contributed by atoms with E-state index in [4.69, 9.17) is 23.2 Å². The molecule has 0 unspecified atom stereocenters. The van der Waals surface area contributed by atoms with Crippen LogP contribution in [-0.2, 0) is 0 Å². The number of allylic oxidation sites excluding steroid dienone is 4. The number of hydrogen-bond donors (Lipinski definition) is 0. The molecule has 0 rings (SSSR count). The quantitative estimate of drug-likeness (QED) is 0.545. The van der Waals surface area contributed by atoms with Gasteiger partial charge in [-0.2, -0.15) is 0 Å². The lowest BCUT2D eigenvalue weighted by Gasteiger charge is -2.27. The highest BCUT2D eigenvalue weighted by atomic mass is 35.5. The van der Waals surface area contributed by atoms with Gasteiger partial charge in [-0.3, -0.25) is 0 Å². The van der Waals surface area contributed by atoms with E-state index in [1.165, 1.54) is 6.42 Å². The molecule has 98 valence electrons. The molecule has 17 heavy (non-hydrogen) atoms. The molecule has 0 saturated heterocycles. The van der Waals surface area contributed by atoms with Gasteiger partial charge in [-0.1, -0.05) is 56.1 Å². The van der Waals surface area contributed by atoms with Gasteiger partial charge >= 0.3 is 0 Å². The van der Waals surface area contributed by atoms with Crippen molar-refractivity contribution in [2.24, 2.45) is 0 Å². The van der Waals surface area contributed by atoms with Crippen LogP contribution in [0.1, 0.15) is 40.0 Å². The summed E-state index contributed by atoms with van der Waals surface area (Å²) in [6.45, 7) is 12.0. The first-order valence-corrected chi connectivity index (χ1v) is 6.97. The molecule has 3 heteroatoms. The van der Waals surface area contributed by atoms with Gasteiger partial charge in [0.1, 0.15) is 0 Å². The van der Waals surface area contributed by atoms with E-state index in [1.807, 2.05) is 13.0 Å². The molecular weight excluding hydrogens is 253 g/mol. The minimum atomic E-state index is 0.511. The van der Waals surface area contributed by atoms with Crippen molar-refractivity contribution in [2.45, 2.75) is 40.0 Å². The van der Waals surface area contributed by atoms with E-state index >= 15 is 0 Å². The predicted molar refractivity (Wildman–Crippen MR) is 79.5 cm³/mol. The van der Waals surface area contributed by atoms with Crippen LogP contribution in [0.5, 0.6) is 0 Å². The number of halogens is 2. The van der Waals surface area contributed by atoms with Gasteiger partial charge in [-0.25, -0.2) is 0 Å². The minimum Gasteiger partial charge on any atom is -0.371 e. The molecule has 0 aliphatic heterocycles. The van der Waals surface area contributed by atoms with E-state index in [0.29, 0.717) is 10.1 Å². The lowest BCUT2D eigenvalue weighted by Crippen LogP contribution is -2.25. The summed E-state index contributed by atoms with van der Waals surface area (Å²) in [5.41, 5.74) is 1.01. The van der Waals surface area contributed by atoms with Crippen LogP contribution in [0.25, 0.3) is 0 Å². The fraction of sp³-hybridized carbons (Fsp3) is 0.571. The van der Waals surface area contributed by atoms with Gasteiger partial charge in [0.25, 0.3) is 0 Å². The second-order valence-corrected chi connectivity index (χ2v) is 4.67. The first kappa shape index (κ1) is 16.6. The zero-order chi connectivity index (χ0) is 13.3. The standard InChI is InChI=1S/C14H23Cl2N/c1-5-9-11-17(10-6-2)13(8-4)14(16)12(15)7-3/h7-8H,3,5-6,9-11H2,1-2,4H3/b13-8+,14-12-. The lowest BCUT2D eigenvalue weighted by atomic mass is 10.2. The Morgan fingerprint density at radius 1 is 1.18 bits per heavy atom. The average molecular weight is 276 g/mol. The van der Waals surface area contributed by atoms with Crippen LogP contribution in [-0.4, -0.2) is 18.0 Å². The molecule has 0 aromatic rings. The summed E-state index contributed by atoms with van der Waals surface area (Å²) in [5, 5.41) is 1.10. The fourth-order valence-corrected chi connectivity index (χ4v) is 2.03. The summed E-state index contributed by atoms with van der Waals surface area (Å²) in [5.74, 6) is 0. The Balaban J connectivity index is 4.97. The normalized spacial score (nSPS) is 13.4. The van der Waals surface area contributed by atoms with Crippen molar-refractivity contribution < 1.29 is 0 Å². The smallest absolute Gasteiger partial charge is 0.0822 e. The van der Waals surface area contributed by atoms with E-state index in [-0.39, 0.29) is 0 Å². The third-order valence-corrected chi connectivity index (χ3v) is 3.34.